The van der Waals surface area contributed by atoms with Crippen LogP contribution in [0.5, 0.6) is 11.5 Å². The number of carbonyl (C=O) groups excluding carboxylic acids is 1. The first kappa shape index (κ1) is 21.2. The fourth-order valence-electron chi connectivity index (χ4n) is 4.12. The fourth-order valence-corrected chi connectivity index (χ4v) is 4.12. The lowest BCUT2D eigenvalue weighted by Gasteiger charge is -2.21. The van der Waals surface area contributed by atoms with E-state index in [1.54, 1.807) is 7.11 Å². The van der Waals surface area contributed by atoms with Gasteiger partial charge in [-0.05, 0) is 97.5 Å². The number of nitrogens with one attached hydrogen (secondary N) is 1. The summed E-state index contributed by atoms with van der Waals surface area (Å²) in [6.07, 6.45) is 4.74. The second-order valence-electron chi connectivity index (χ2n) is 8.32. The molecule has 0 spiro atoms. The molecule has 1 aliphatic carbocycles. The van der Waals surface area contributed by atoms with E-state index in [1.807, 2.05) is 19.9 Å². The van der Waals surface area contributed by atoms with E-state index in [4.69, 9.17) is 9.47 Å². The van der Waals surface area contributed by atoms with Gasteiger partial charge < -0.3 is 14.8 Å². The zero-order valence-electron chi connectivity index (χ0n) is 18.3. The van der Waals surface area contributed by atoms with E-state index in [2.05, 4.69) is 43.4 Å². The van der Waals surface area contributed by atoms with Crippen LogP contribution in [0.3, 0.4) is 0 Å². The molecule has 1 atom stereocenters. The van der Waals surface area contributed by atoms with Crippen molar-refractivity contribution in [3.8, 4) is 11.5 Å². The molecule has 0 aliphatic heterocycles. The first-order valence-corrected chi connectivity index (χ1v) is 10.6. The molecule has 3 rings (SSSR count). The maximum atomic E-state index is 12.5. The van der Waals surface area contributed by atoms with Gasteiger partial charge in [-0.1, -0.05) is 19.9 Å². The summed E-state index contributed by atoms with van der Waals surface area (Å²) < 4.78 is 11.3. The summed E-state index contributed by atoms with van der Waals surface area (Å²) in [5, 5.41) is 3.07. The van der Waals surface area contributed by atoms with Crippen molar-refractivity contribution in [3.05, 3.63) is 58.1 Å². The van der Waals surface area contributed by atoms with Crippen LogP contribution < -0.4 is 14.8 Å². The number of hydrogen-bond donors (Lipinski definition) is 1. The average molecular weight is 396 g/mol. The van der Waals surface area contributed by atoms with Gasteiger partial charge in [-0.15, -0.1) is 0 Å². The number of rotatable bonds is 7. The minimum absolute atomic E-state index is 0.0232. The Bertz CT molecular complexity index is 873. The quantitative estimate of drug-likeness (QED) is 0.695. The highest BCUT2D eigenvalue weighted by Crippen LogP contribution is 2.32. The van der Waals surface area contributed by atoms with Crippen molar-refractivity contribution in [1.82, 2.24) is 5.32 Å². The van der Waals surface area contributed by atoms with Gasteiger partial charge in [-0.3, -0.25) is 4.79 Å². The summed E-state index contributed by atoms with van der Waals surface area (Å²) in [7, 11) is 1.70. The third-order valence-electron chi connectivity index (χ3n) is 5.77. The van der Waals surface area contributed by atoms with E-state index in [-0.39, 0.29) is 18.6 Å². The van der Waals surface area contributed by atoms with Gasteiger partial charge in [0.15, 0.2) is 6.61 Å². The van der Waals surface area contributed by atoms with E-state index in [9.17, 15) is 4.79 Å². The van der Waals surface area contributed by atoms with Gasteiger partial charge in [0.05, 0.1) is 13.2 Å². The number of ether oxygens (including phenoxy) is 2. The molecule has 0 bridgehead atoms. The number of carbonyl (C=O) groups is 1. The molecule has 0 saturated carbocycles. The lowest BCUT2D eigenvalue weighted by Crippen LogP contribution is -2.31. The van der Waals surface area contributed by atoms with E-state index in [0.29, 0.717) is 5.92 Å². The Hall–Kier alpha value is -2.49. The summed E-state index contributed by atoms with van der Waals surface area (Å²) in [5.74, 6) is 1.91. The Morgan fingerprint density at radius 1 is 1.03 bits per heavy atom. The highest BCUT2D eigenvalue weighted by molar-refractivity contribution is 5.78. The van der Waals surface area contributed by atoms with E-state index in [0.717, 1.165) is 41.0 Å². The van der Waals surface area contributed by atoms with Crippen molar-refractivity contribution in [3.63, 3.8) is 0 Å². The highest BCUT2D eigenvalue weighted by Gasteiger charge is 2.17. The largest absolute Gasteiger partial charge is 0.496 e. The van der Waals surface area contributed by atoms with Crippen LogP contribution in [0.25, 0.3) is 0 Å². The highest BCUT2D eigenvalue weighted by atomic mass is 16.5. The number of amides is 1. The normalized spacial score (nSPS) is 14.3. The molecule has 4 heteroatoms. The van der Waals surface area contributed by atoms with Crippen molar-refractivity contribution < 1.29 is 14.3 Å². The van der Waals surface area contributed by atoms with E-state index < -0.39 is 0 Å². The van der Waals surface area contributed by atoms with Crippen molar-refractivity contribution >= 4 is 5.91 Å². The predicted octanol–water partition coefficient (Wildman–Crippen LogP) is 5.26. The molecule has 156 valence electrons. The van der Waals surface area contributed by atoms with Crippen LogP contribution in [-0.2, 0) is 17.6 Å². The zero-order valence-corrected chi connectivity index (χ0v) is 18.3. The van der Waals surface area contributed by atoms with E-state index >= 15 is 0 Å². The Morgan fingerprint density at radius 2 is 1.76 bits per heavy atom. The van der Waals surface area contributed by atoms with Crippen LogP contribution in [0.2, 0.25) is 0 Å². The van der Waals surface area contributed by atoms with Gasteiger partial charge in [0.25, 0.3) is 5.91 Å². The molecule has 0 saturated heterocycles. The maximum Gasteiger partial charge on any atom is 0.258 e. The van der Waals surface area contributed by atoms with Gasteiger partial charge in [0.1, 0.15) is 11.5 Å². The smallest absolute Gasteiger partial charge is 0.258 e. The van der Waals surface area contributed by atoms with Crippen molar-refractivity contribution in [2.75, 3.05) is 13.7 Å². The molecule has 4 nitrogen and oxygen atoms in total. The second-order valence-corrected chi connectivity index (χ2v) is 8.32. The number of methoxy groups -OCH3 is 1. The number of aryl methyl sites for hydroxylation is 3. The molecule has 0 radical (unpaired) electrons. The lowest BCUT2D eigenvalue weighted by atomic mass is 9.92. The molecule has 0 heterocycles. The number of fused-ring (bicyclic) bond motifs is 1. The molecule has 2 aromatic rings. The third-order valence-corrected chi connectivity index (χ3v) is 5.77. The Morgan fingerprint density at radius 3 is 2.45 bits per heavy atom. The average Bonchev–Trinajstić information content (AvgIpc) is 2.71. The van der Waals surface area contributed by atoms with Gasteiger partial charge >= 0.3 is 0 Å². The Labute approximate surface area is 174 Å². The number of hydrogen-bond acceptors (Lipinski definition) is 3. The lowest BCUT2D eigenvalue weighted by molar-refractivity contribution is -0.123. The molecule has 1 amide bonds. The van der Waals surface area contributed by atoms with Gasteiger partial charge in [0, 0.05) is 0 Å². The second kappa shape index (κ2) is 9.34. The van der Waals surface area contributed by atoms with Crippen LogP contribution in [0.4, 0.5) is 0 Å². The van der Waals surface area contributed by atoms with Crippen LogP contribution in [0, 0.1) is 6.92 Å². The topological polar surface area (TPSA) is 47.6 Å². The SMILES string of the molecule is COc1cc(C)c(C(C)NC(=O)COc2ccc3c(c2)CCCC3)cc1C(C)C. The molecular formula is C25H33NO3. The predicted molar refractivity (Wildman–Crippen MR) is 117 cm³/mol. The molecule has 1 aliphatic rings. The first-order chi connectivity index (χ1) is 13.9. The Kier molecular flexibility index (Phi) is 6.83. The molecule has 29 heavy (non-hydrogen) atoms. The van der Waals surface area contributed by atoms with Crippen LogP contribution >= 0.6 is 0 Å². The molecule has 1 N–H and O–H groups in total. The van der Waals surface area contributed by atoms with Crippen LogP contribution in [0.1, 0.15) is 73.4 Å². The fraction of sp³-hybridized carbons (Fsp3) is 0.480. The minimum atomic E-state index is -0.114. The van der Waals surface area contributed by atoms with Crippen LogP contribution in [-0.4, -0.2) is 19.6 Å². The molecule has 2 aromatic carbocycles. The van der Waals surface area contributed by atoms with Gasteiger partial charge in [0.2, 0.25) is 0 Å². The minimum Gasteiger partial charge on any atom is -0.496 e. The van der Waals surface area contributed by atoms with Crippen LogP contribution in [0.15, 0.2) is 30.3 Å². The van der Waals surface area contributed by atoms with Gasteiger partial charge in [-0.25, -0.2) is 0 Å². The molecule has 1 unspecified atom stereocenters. The number of benzene rings is 2. The summed E-state index contributed by atoms with van der Waals surface area (Å²) in [6.45, 7) is 8.37. The Balaban J connectivity index is 1.63. The molecule has 0 fully saturated rings. The summed E-state index contributed by atoms with van der Waals surface area (Å²) in [4.78, 5) is 12.5. The van der Waals surface area contributed by atoms with E-state index in [1.165, 1.54) is 24.0 Å². The molecule has 0 aromatic heterocycles. The van der Waals surface area contributed by atoms with Crippen molar-refractivity contribution in [1.29, 1.82) is 0 Å². The first-order valence-electron chi connectivity index (χ1n) is 10.6. The van der Waals surface area contributed by atoms with Crippen molar-refractivity contribution in [2.45, 2.75) is 65.3 Å². The third kappa shape index (κ3) is 5.11. The summed E-state index contributed by atoms with van der Waals surface area (Å²) in [5.41, 5.74) is 6.14. The molecular weight excluding hydrogens is 362 g/mol. The van der Waals surface area contributed by atoms with Crippen molar-refractivity contribution in [2.24, 2.45) is 0 Å². The maximum absolute atomic E-state index is 12.5. The standard InChI is InChI=1S/C25H33NO3/c1-16(2)22-14-23(17(3)12-24(22)28-5)18(4)26-25(27)15-29-21-11-10-19-8-6-7-9-20(19)13-21/h10-14,16,18H,6-9,15H2,1-5H3,(H,26,27). The summed E-state index contributed by atoms with van der Waals surface area (Å²) in [6, 6.07) is 10.3. The zero-order chi connectivity index (χ0) is 21.0. The monoisotopic (exact) mass is 395 g/mol. The summed E-state index contributed by atoms with van der Waals surface area (Å²) >= 11 is 0. The van der Waals surface area contributed by atoms with Gasteiger partial charge in [-0.2, -0.15) is 0 Å².